The maximum Gasteiger partial charge on any atom is 0.239 e. The molecule has 0 unspecified atom stereocenters. The molecule has 0 radical (unpaired) electrons. The third kappa shape index (κ3) is 3.43. The highest BCUT2D eigenvalue weighted by Gasteiger charge is 2.25. The highest BCUT2D eigenvalue weighted by molar-refractivity contribution is 5.85. The van der Waals surface area contributed by atoms with Gasteiger partial charge in [0.1, 0.15) is 0 Å². The summed E-state index contributed by atoms with van der Waals surface area (Å²) in [6, 6.07) is 0.170. The second kappa shape index (κ2) is 5.49. The molecule has 1 heterocycles. The summed E-state index contributed by atoms with van der Waals surface area (Å²) in [5.41, 5.74) is 0. The number of nitrogens with one attached hydrogen (secondary N) is 1. The number of aliphatic hydroxyl groups excluding tert-OH is 1. The molecular formula is C12H20N2O3. The van der Waals surface area contributed by atoms with Gasteiger partial charge in [-0.2, -0.15) is 0 Å². The Morgan fingerprint density at radius 2 is 2.06 bits per heavy atom. The van der Waals surface area contributed by atoms with Crippen molar-refractivity contribution in [3.05, 3.63) is 0 Å². The number of likely N-dealkylation sites (tertiary alicyclic amines) is 1. The summed E-state index contributed by atoms with van der Waals surface area (Å²) in [5.74, 6) is 0.0147. The summed E-state index contributed by atoms with van der Waals surface area (Å²) in [6.07, 6.45) is 4.41. The van der Waals surface area contributed by atoms with Gasteiger partial charge in [0.25, 0.3) is 0 Å². The molecule has 5 heteroatoms. The Labute approximate surface area is 101 Å². The monoisotopic (exact) mass is 240 g/mol. The van der Waals surface area contributed by atoms with E-state index in [0.29, 0.717) is 13.0 Å². The quantitative estimate of drug-likeness (QED) is 0.731. The van der Waals surface area contributed by atoms with E-state index >= 15 is 0 Å². The molecule has 5 nitrogen and oxygen atoms in total. The van der Waals surface area contributed by atoms with E-state index in [1.54, 1.807) is 4.90 Å². The smallest absolute Gasteiger partial charge is 0.239 e. The van der Waals surface area contributed by atoms with Crippen molar-refractivity contribution in [2.45, 2.75) is 50.7 Å². The van der Waals surface area contributed by atoms with Crippen molar-refractivity contribution in [2.75, 3.05) is 13.1 Å². The van der Waals surface area contributed by atoms with Gasteiger partial charge in [0.05, 0.1) is 12.6 Å². The molecule has 1 aliphatic heterocycles. The Bertz CT molecular complexity index is 298. The van der Waals surface area contributed by atoms with Gasteiger partial charge < -0.3 is 15.3 Å². The third-order valence-electron chi connectivity index (χ3n) is 3.57. The van der Waals surface area contributed by atoms with E-state index < -0.39 is 0 Å². The predicted octanol–water partition coefficient (Wildman–Crippen LogP) is 0.0285. The Kier molecular flexibility index (Phi) is 3.99. The summed E-state index contributed by atoms with van der Waals surface area (Å²) >= 11 is 0. The molecule has 96 valence electrons. The molecule has 0 atom stereocenters. The Morgan fingerprint density at radius 1 is 1.35 bits per heavy atom. The molecule has 1 saturated heterocycles. The van der Waals surface area contributed by atoms with Crippen LogP contribution in [0.25, 0.3) is 0 Å². The van der Waals surface area contributed by atoms with E-state index in [9.17, 15) is 14.7 Å². The van der Waals surface area contributed by atoms with Crippen LogP contribution in [0.5, 0.6) is 0 Å². The zero-order valence-electron chi connectivity index (χ0n) is 10.0. The molecule has 0 aromatic rings. The van der Waals surface area contributed by atoms with Crippen LogP contribution in [-0.4, -0.2) is 47.1 Å². The van der Waals surface area contributed by atoms with Gasteiger partial charge in [-0.3, -0.25) is 9.59 Å². The van der Waals surface area contributed by atoms with Crippen LogP contribution in [0.2, 0.25) is 0 Å². The Hall–Kier alpha value is -1.10. The average Bonchev–Trinajstić information content (AvgIpc) is 2.68. The summed E-state index contributed by atoms with van der Waals surface area (Å²) in [4.78, 5) is 24.7. The fraction of sp³-hybridized carbons (Fsp3) is 0.833. The standard InChI is InChI=1S/C12H20N2O3/c15-10-5-3-9(4-6-10)13-11(16)8-14-7-1-2-12(14)17/h9-10,15H,1-8H2,(H,13,16). The van der Waals surface area contributed by atoms with Crippen LogP contribution < -0.4 is 5.32 Å². The largest absolute Gasteiger partial charge is 0.393 e. The van der Waals surface area contributed by atoms with Crippen molar-refractivity contribution in [3.8, 4) is 0 Å². The first kappa shape index (κ1) is 12.4. The average molecular weight is 240 g/mol. The molecule has 2 aliphatic rings. The SMILES string of the molecule is O=C(CN1CCCC1=O)NC1CCC(O)CC1. The van der Waals surface area contributed by atoms with Crippen molar-refractivity contribution < 1.29 is 14.7 Å². The molecular weight excluding hydrogens is 220 g/mol. The minimum absolute atomic E-state index is 0.0679. The fourth-order valence-electron chi connectivity index (χ4n) is 2.54. The first-order chi connectivity index (χ1) is 8.15. The van der Waals surface area contributed by atoms with E-state index in [2.05, 4.69) is 5.32 Å². The van der Waals surface area contributed by atoms with Crippen LogP contribution in [-0.2, 0) is 9.59 Å². The van der Waals surface area contributed by atoms with E-state index in [1.807, 2.05) is 0 Å². The van der Waals surface area contributed by atoms with Crippen molar-refractivity contribution in [3.63, 3.8) is 0 Å². The maximum atomic E-state index is 11.7. The molecule has 2 N–H and O–H groups in total. The zero-order valence-corrected chi connectivity index (χ0v) is 10.0. The molecule has 2 amide bonds. The van der Waals surface area contributed by atoms with Gasteiger partial charge in [-0.1, -0.05) is 0 Å². The lowest BCUT2D eigenvalue weighted by atomic mass is 9.93. The first-order valence-corrected chi connectivity index (χ1v) is 6.40. The molecule has 0 spiro atoms. The normalized spacial score (nSPS) is 29.5. The maximum absolute atomic E-state index is 11.7. The zero-order chi connectivity index (χ0) is 12.3. The summed E-state index contributed by atoms with van der Waals surface area (Å²) in [6.45, 7) is 0.896. The van der Waals surface area contributed by atoms with E-state index in [-0.39, 0.29) is 30.5 Å². The van der Waals surface area contributed by atoms with E-state index in [1.165, 1.54) is 0 Å². The van der Waals surface area contributed by atoms with Gasteiger partial charge >= 0.3 is 0 Å². The van der Waals surface area contributed by atoms with Gasteiger partial charge in [-0.05, 0) is 32.1 Å². The minimum atomic E-state index is -0.205. The summed E-state index contributed by atoms with van der Waals surface area (Å²) in [7, 11) is 0. The number of carbonyl (C=O) groups excluding carboxylic acids is 2. The van der Waals surface area contributed by atoms with Crippen LogP contribution in [0.3, 0.4) is 0 Å². The highest BCUT2D eigenvalue weighted by atomic mass is 16.3. The van der Waals surface area contributed by atoms with Gasteiger partial charge in [0.15, 0.2) is 0 Å². The summed E-state index contributed by atoms with van der Waals surface area (Å²) < 4.78 is 0. The molecule has 0 aromatic heterocycles. The van der Waals surface area contributed by atoms with Crippen LogP contribution in [0, 0.1) is 0 Å². The number of aliphatic hydroxyl groups is 1. The predicted molar refractivity (Wildman–Crippen MR) is 62.2 cm³/mol. The van der Waals surface area contributed by atoms with Gasteiger partial charge in [-0.15, -0.1) is 0 Å². The lowest BCUT2D eigenvalue weighted by Gasteiger charge is -2.27. The molecule has 2 rings (SSSR count). The van der Waals surface area contributed by atoms with Crippen molar-refractivity contribution in [1.29, 1.82) is 0 Å². The third-order valence-corrected chi connectivity index (χ3v) is 3.57. The first-order valence-electron chi connectivity index (χ1n) is 6.40. The Balaban J connectivity index is 1.72. The molecule has 1 aliphatic carbocycles. The van der Waals surface area contributed by atoms with Crippen molar-refractivity contribution in [2.24, 2.45) is 0 Å². The minimum Gasteiger partial charge on any atom is -0.393 e. The molecule has 1 saturated carbocycles. The number of rotatable bonds is 3. The van der Waals surface area contributed by atoms with Crippen LogP contribution in [0.15, 0.2) is 0 Å². The summed E-state index contributed by atoms with van der Waals surface area (Å²) in [5, 5.41) is 12.3. The number of hydrogen-bond acceptors (Lipinski definition) is 3. The lowest BCUT2D eigenvalue weighted by Crippen LogP contribution is -2.44. The van der Waals surface area contributed by atoms with Crippen molar-refractivity contribution in [1.82, 2.24) is 10.2 Å². The van der Waals surface area contributed by atoms with Gasteiger partial charge in [0, 0.05) is 19.0 Å². The fourth-order valence-corrected chi connectivity index (χ4v) is 2.54. The number of carbonyl (C=O) groups is 2. The lowest BCUT2D eigenvalue weighted by molar-refractivity contribution is -0.133. The molecule has 0 aromatic carbocycles. The van der Waals surface area contributed by atoms with Crippen molar-refractivity contribution >= 4 is 11.8 Å². The second-order valence-corrected chi connectivity index (χ2v) is 4.99. The van der Waals surface area contributed by atoms with Gasteiger partial charge in [0.2, 0.25) is 11.8 Å². The topological polar surface area (TPSA) is 69.6 Å². The van der Waals surface area contributed by atoms with Crippen LogP contribution in [0.1, 0.15) is 38.5 Å². The Morgan fingerprint density at radius 3 is 2.65 bits per heavy atom. The van der Waals surface area contributed by atoms with Crippen LogP contribution >= 0.6 is 0 Å². The molecule has 2 fully saturated rings. The molecule has 17 heavy (non-hydrogen) atoms. The highest BCUT2D eigenvalue weighted by Crippen LogP contribution is 2.18. The van der Waals surface area contributed by atoms with E-state index in [0.717, 1.165) is 32.1 Å². The molecule has 0 bridgehead atoms. The number of amides is 2. The van der Waals surface area contributed by atoms with E-state index in [4.69, 9.17) is 0 Å². The number of nitrogens with zero attached hydrogens (tertiary/aromatic N) is 1. The van der Waals surface area contributed by atoms with Crippen LogP contribution in [0.4, 0.5) is 0 Å². The van der Waals surface area contributed by atoms with Gasteiger partial charge in [-0.25, -0.2) is 0 Å². The number of hydrogen-bond donors (Lipinski definition) is 2. The second-order valence-electron chi connectivity index (χ2n) is 4.99.